The highest BCUT2D eigenvalue weighted by Crippen LogP contribution is 2.52. The maximum Gasteiger partial charge on any atom is 0.476 e. The normalized spacial score (nSPS) is 12.8. The van der Waals surface area contributed by atoms with E-state index in [0.29, 0.717) is 34.4 Å². The summed E-state index contributed by atoms with van der Waals surface area (Å²) >= 11 is 0. The molecule has 1 aromatic carbocycles. The summed E-state index contributed by atoms with van der Waals surface area (Å²) in [6, 6.07) is 12.4. The average molecular weight is 596 g/mol. The number of halogens is 1. The minimum absolute atomic E-state index is 0.144. The standard InChI is InChI=1S/C30H35FN5O5P/c1-6-39-42(38,40-7-2)41-21(3)36-20-27(23-13-14-32-28(31)18-23)26-17-24(19-33-30(26)36)22-10-8-11-25(16-22)34-29(37)12-9-15-35(4)5/h8-14,16-21H,6-7,15H2,1-5H3,(H,34,37)/b12-9+. The van der Waals surface area contributed by atoms with Gasteiger partial charge in [0.1, 0.15) is 11.9 Å². The van der Waals surface area contributed by atoms with Gasteiger partial charge in [-0.05, 0) is 70.3 Å². The van der Waals surface area contributed by atoms with Gasteiger partial charge in [0, 0.05) is 59.5 Å². The van der Waals surface area contributed by atoms with E-state index in [1.54, 1.807) is 49.9 Å². The van der Waals surface area contributed by atoms with Gasteiger partial charge in [-0.3, -0.25) is 18.4 Å². The number of benzene rings is 1. The maximum absolute atomic E-state index is 14.2. The fourth-order valence-corrected chi connectivity index (χ4v) is 5.65. The smallest absolute Gasteiger partial charge is 0.323 e. The predicted molar refractivity (Wildman–Crippen MR) is 161 cm³/mol. The van der Waals surface area contributed by atoms with Gasteiger partial charge in [0.25, 0.3) is 0 Å². The zero-order valence-electron chi connectivity index (χ0n) is 24.3. The number of rotatable bonds is 13. The Morgan fingerprint density at radius 3 is 2.55 bits per heavy atom. The van der Waals surface area contributed by atoms with Crippen molar-refractivity contribution in [2.24, 2.45) is 0 Å². The van der Waals surface area contributed by atoms with Gasteiger partial charge in [0.05, 0.1) is 13.2 Å². The molecule has 0 saturated carbocycles. The van der Waals surface area contributed by atoms with Crippen LogP contribution in [0.4, 0.5) is 10.1 Å². The summed E-state index contributed by atoms with van der Waals surface area (Å²) < 4.78 is 45.4. The van der Waals surface area contributed by atoms with Crippen molar-refractivity contribution in [2.45, 2.75) is 27.0 Å². The number of nitrogens with zero attached hydrogens (tertiary/aromatic N) is 4. The fraction of sp³-hybridized carbons (Fsp3) is 0.300. The molecule has 0 fully saturated rings. The van der Waals surface area contributed by atoms with Crippen LogP contribution in [-0.4, -0.2) is 59.2 Å². The van der Waals surface area contributed by atoms with Crippen LogP contribution >= 0.6 is 7.82 Å². The lowest BCUT2D eigenvalue weighted by Gasteiger charge is -2.22. The van der Waals surface area contributed by atoms with Crippen LogP contribution in [0.15, 0.2) is 73.2 Å². The van der Waals surface area contributed by atoms with Crippen molar-refractivity contribution in [3.8, 4) is 22.3 Å². The monoisotopic (exact) mass is 595 g/mol. The molecule has 1 atom stereocenters. The Morgan fingerprint density at radius 1 is 1.10 bits per heavy atom. The Morgan fingerprint density at radius 2 is 1.86 bits per heavy atom. The van der Waals surface area contributed by atoms with Crippen LogP contribution in [-0.2, 0) is 22.9 Å². The summed E-state index contributed by atoms with van der Waals surface area (Å²) in [6.07, 6.45) is 7.35. The van der Waals surface area contributed by atoms with Crippen LogP contribution in [0.3, 0.4) is 0 Å². The van der Waals surface area contributed by atoms with Crippen molar-refractivity contribution in [1.29, 1.82) is 0 Å². The molecule has 0 aliphatic carbocycles. The molecule has 0 spiro atoms. The van der Waals surface area contributed by atoms with Gasteiger partial charge in [-0.1, -0.05) is 18.2 Å². The highest BCUT2D eigenvalue weighted by atomic mass is 31.2. The number of carbonyl (C=O) groups is 1. The summed E-state index contributed by atoms with van der Waals surface area (Å²) in [5.41, 5.74) is 4.01. The first-order chi connectivity index (χ1) is 20.1. The number of aromatic nitrogens is 3. The second kappa shape index (κ2) is 14.0. The first-order valence-electron chi connectivity index (χ1n) is 13.5. The largest absolute Gasteiger partial charge is 0.476 e. The molecule has 42 heavy (non-hydrogen) atoms. The van der Waals surface area contributed by atoms with Crippen LogP contribution in [0.1, 0.15) is 27.0 Å². The van der Waals surface area contributed by atoms with E-state index in [-0.39, 0.29) is 19.1 Å². The van der Waals surface area contributed by atoms with Crippen LogP contribution in [0.5, 0.6) is 0 Å². The van der Waals surface area contributed by atoms with Crippen molar-refractivity contribution in [1.82, 2.24) is 19.4 Å². The number of hydrogen-bond acceptors (Lipinski definition) is 8. The van der Waals surface area contributed by atoms with Crippen molar-refractivity contribution in [3.05, 3.63) is 79.2 Å². The molecule has 12 heteroatoms. The van der Waals surface area contributed by atoms with Gasteiger partial charge in [0.2, 0.25) is 11.9 Å². The van der Waals surface area contributed by atoms with E-state index in [2.05, 4.69) is 10.3 Å². The third kappa shape index (κ3) is 7.76. The van der Waals surface area contributed by atoms with E-state index >= 15 is 0 Å². The SMILES string of the molecule is CCOP(=O)(OCC)OC(C)n1cc(-c2ccnc(F)c2)c2cc(-c3cccc(NC(=O)/C=C/CN(C)C)c3)cnc21. The summed E-state index contributed by atoms with van der Waals surface area (Å²) in [5.74, 6) is -0.853. The van der Waals surface area contributed by atoms with Gasteiger partial charge >= 0.3 is 7.82 Å². The summed E-state index contributed by atoms with van der Waals surface area (Å²) in [4.78, 5) is 22.7. The van der Waals surface area contributed by atoms with Crippen molar-refractivity contribution < 1.29 is 27.3 Å². The Bertz CT molecular complexity index is 1610. The Kier molecular flexibility index (Phi) is 10.4. The summed E-state index contributed by atoms with van der Waals surface area (Å²) in [7, 11) is 0.0148. The fourth-order valence-electron chi connectivity index (χ4n) is 4.35. The number of likely N-dealkylation sites (N-methyl/N-ethyl adjacent to an activating group) is 1. The highest BCUT2D eigenvalue weighted by molar-refractivity contribution is 7.48. The van der Waals surface area contributed by atoms with E-state index in [1.807, 2.05) is 49.3 Å². The predicted octanol–water partition coefficient (Wildman–Crippen LogP) is 6.68. The molecule has 1 N–H and O–H groups in total. The number of amides is 1. The van der Waals surface area contributed by atoms with E-state index in [0.717, 1.165) is 11.1 Å². The zero-order valence-corrected chi connectivity index (χ0v) is 25.2. The number of carbonyl (C=O) groups excluding carboxylic acids is 1. The molecule has 1 unspecified atom stereocenters. The molecule has 1 amide bonds. The first-order valence-corrected chi connectivity index (χ1v) is 15.0. The molecule has 0 aliphatic heterocycles. The van der Waals surface area contributed by atoms with Gasteiger partial charge < -0.3 is 14.8 Å². The topological polar surface area (TPSA) is 108 Å². The van der Waals surface area contributed by atoms with Crippen LogP contribution in [0.2, 0.25) is 0 Å². The number of fused-ring (bicyclic) bond motifs is 1. The van der Waals surface area contributed by atoms with E-state index in [4.69, 9.17) is 18.6 Å². The van der Waals surface area contributed by atoms with Crippen molar-refractivity contribution in [2.75, 3.05) is 39.2 Å². The third-order valence-corrected chi connectivity index (χ3v) is 7.87. The molecule has 0 saturated heterocycles. The molecule has 0 aliphatic rings. The molecule has 4 aromatic rings. The Labute approximate surface area is 244 Å². The molecule has 3 aromatic heterocycles. The number of nitrogens with one attached hydrogen (secondary N) is 1. The Hall–Kier alpha value is -3.73. The summed E-state index contributed by atoms with van der Waals surface area (Å²) in [5, 5.41) is 3.59. The molecule has 3 heterocycles. The number of pyridine rings is 2. The maximum atomic E-state index is 14.2. The molecule has 10 nitrogen and oxygen atoms in total. The minimum atomic E-state index is -3.84. The van der Waals surface area contributed by atoms with Crippen LogP contribution < -0.4 is 5.32 Å². The summed E-state index contributed by atoms with van der Waals surface area (Å²) in [6.45, 7) is 6.05. The lowest BCUT2D eigenvalue weighted by atomic mass is 10.0. The number of anilines is 1. The van der Waals surface area contributed by atoms with E-state index in [9.17, 15) is 13.8 Å². The third-order valence-electron chi connectivity index (χ3n) is 6.16. The lowest BCUT2D eigenvalue weighted by molar-refractivity contribution is -0.111. The van der Waals surface area contributed by atoms with E-state index in [1.165, 1.54) is 18.3 Å². The second-order valence-electron chi connectivity index (χ2n) is 9.63. The molecule has 222 valence electrons. The second-order valence-corrected chi connectivity index (χ2v) is 11.3. The number of phosphoric ester groups is 1. The van der Waals surface area contributed by atoms with Gasteiger partial charge in [-0.2, -0.15) is 4.39 Å². The van der Waals surface area contributed by atoms with Gasteiger partial charge in [-0.25, -0.2) is 14.5 Å². The van der Waals surface area contributed by atoms with Crippen LogP contribution in [0, 0.1) is 5.95 Å². The minimum Gasteiger partial charge on any atom is -0.323 e. The molecular formula is C30H35FN5O5P. The van der Waals surface area contributed by atoms with Crippen molar-refractivity contribution in [3.63, 3.8) is 0 Å². The molecular weight excluding hydrogens is 560 g/mol. The molecule has 0 radical (unpaired) electrons. The number of phosphoric acid groups is 1. The first kappa shape index (κ1) is 31.2. The van der Waals surface area contributed by atoms with Gasteiger partial charge in [0.15, 0.2) is 0 Å². The molecule has 4 rings (SSSR count). The van der Waals surface area contributed by atoms with Crippen LogP contribution in [0.25, 0.3) is 33.3 Å². The average Bonchev–Trinajstić information content (AvgIpc) is 3.32. The molecule has 0 bridgehead atoms. The van der Waals surface area contributed by atoms with E-state index < -0.39 is 20.0 Å². The lowest BCUT2D eigenvalue weighted by Crippen LogP contribution is -2.12. The number of hydrogen-bond donors (Lipinski definition) is 1. The Balaban J connectivity index is 1.73. The zero-order chi connectivity index (χ0) is 30.3. The van der Waals surface area contributed by atoms with Gasteiger partial charge in [-0.15, -0.1) is 0 Å². The quantitative estimate of drug-likeness (QED) is 0.104. The highest BCUT2D eigenvalue weighted by Gasteiger charge is 2.30. The van der Waals surface area contributed by atoms with Crippen molar-refractivity contribution >= 4 is 30.5 Å².